The predicted molar refractivity (Wildman–Crippen MR) is 74.3 cm³/mol. The molecule has 1 aromatic rings. The average Bonchev–Trinajstić information content (AvgIpc) is 2.47. The molecule has 1 aromatic heterocycles. The van der Waals surface area contributed by atoms with E-state index < -0.39 is 0 Å². The van der Waals surface area contributed by atoms with Gasteiger partial charge in [0.2, 0.25) is 0 Å². The maximum atomic E-state index is 11.8. The number of nitrogens with one attached hydrogen (secondary N) is 2. The van der Waals surface area contributed by atoms with E-state index in [1.165, 1.54) is 12.8 Å². The quantitative estimate of drug-likeness (QED) is 0.791. The molecule has 2 heterocycles. The molecule has 1 aliphatic rings. The van der Waals surface area contributed by atoms with Gasteiger partial charge in [0.15, 0.2) is 0 Å². The minimum Gasteiger partial charge on any atom is -0.462 e. The Labute approximate surface area is 113 Å². The van der Waals surface area contributed by atoms with Gasteiger partial charge in [0.1, 0.15) is 11.4 Å². The van der Waals surface area contributed by atoms with Gasteiger partial charge in [0.25, 0.3) is 0 Å². The van der Waals surface area contributed by atoms with Crippen LogP contribution in [0.2, 0.25) is 0 Å². The van der Waals surface area contributed by atoms with Gasteiger partial charge in [0, 0.05) is 12.7 Å². The van der Waals surface area contributed by atoms with Crippen LogP contribution in [0, 0.1) is 5.92 Å². The zero-order valence-electron chi connectivity index (χ0n) is 11.3. The van der Waals surface area contributed by atoms with E-state index in [2.05, 4.69) is 15.6 Å². The van der Waals surface area contributed by atoms with Gasteiger partial charge in [-0.3, -0.25) is 0 Å². The molecule has 2 N–H and O–H groups in total. The van der Waals surface area contributed by atoms with Gasteiger partial charge in [-0.05, 0) is 50.9 Å². The van der Waals surface area contributed by atoms with Crippen LogP contribution in [0.3, 0.4) is 0 Å². The van der Waals surface area contributed by atoms with Crippen molar-refractivity contribution in [3.63, 3.8) is 0 Å². The molecule has 1 unspecified atom stereocenters. The van der Waals surface area contributed by atoms with Crippen LogP contribution in [-0.4, -0.2) is 37.2 Å². The lowest BCUT2D eigenvalue weighted by atomic mass is 10.00. The number of aromatic nitrogens is 1. The molecule has 19 heavy (non-hydrogen) atoms. The van der Waals surface area contributed by atoms with Crippen LogP contribution in [0.15, 0.2) is 18.3 Å². The van der Waals surface area contributed by atoms with E-state index >= 15 is 0 Å². The lowest BCUT2D eigenvalue weighted by molar-refractivity contribution is 0.0527. The average molecular weight is 263 g/mol. The van der Waals surface area contributed by atoms with Crippen LogP contribution in [-0.2, 0) is 4.74 Å². The molecule has 1 aliphatic heterocycles. The van der Waals surface area contributed by atoms with E-state index in [0.717, 1.165) is 19.6 Å². The zero-order valence-corrected chi connectivity index (χ0v) is 11.3. The molecule has 5 nitrogen and oxygen atoms in total. The summed E-state index contributed by atoms with van der Waals surface area (Å²) >= 11 is 0. The van der Waals surface area contributed by atoms with Crippen LogP contribution in [0.1, 0.15) is 30.1 Å². The van der Waals surface area contributed by atoms with Gasteiger partial charge < -0.3 is 15.4 Å². The number of pyridine rings is 1. The Morgan fingerprint density at radius 3 is 3.26 bits per heavy atom. The molecule has 0 aliphatic carbocycles. The lowest BCUT2D eigenvalue weighted by Crippen LogP contribution is -2.33. The number of hydrogen-bond acceptors (Lipinski definition) is 5. The number of piperidine rings is 1. The zero-order chi connectivity index (χ0) is 13.5. The Morgan fingerprint density at radius 1 is 1.63 bits per heavy atom. The maximum Gasteiger partial charge on any atom is 0.341 e. The molecule has 0 saturated carbocycles. The summed E-state index contributed by atoms with van der Waals surface area (Å²) in [6.07, 6.45) is 4.10. The summed E-state index contributed by atoms with van der Waals surface area (Å²) in [5.74, 6) is 0.886. The van der Waals surface area contributed by atoms with Crippen molar-refractivity contribution in [1.29, 1.82) is 0 Å². The fourth-order valence-corrected chi connectivity index (χ4v) is 2.26. The molecule has 2 rings (SSSR count). The number of nitrogens with zero attached hydrogens (tertiary/aromatic N) is 1. The van der Waals surface area contributed by atoms with Gasteiger partial charge >= 0.3 is 5.97 Å². The summed E-state index contributed by atoms with van der Waals surface area (Å²) in [5.41, 5.74) is 0.508. The first-order valence-electron chi connectivity index (χ1n) is 6.88. The predicted octanol–water partition coefficient (Wildman–Crippen LogP) is 1.67. The fraction of sp³-hybridized carbons (Fsp3) is 0.571. The minimum absolute atomic E-state index is 0.320. The standard InChI is InChI=1S/C14H21N3O2/c1-2-19-14(18)12-6-4-8-16-13(12)17-10-11-5-3-7-15-9-11/h4,6,8,11,15H,2-3,5,7,9-10H2,1H3,(H,16,17). The van der Waals surface area contributed by atoms with Gasteiger partial charge in [-0.2, -0.15) is 0 Å². The van der Waals surface area contributed by atoms with Crippen molar-refractivity contribution in [2.24, 2.45) is 5.92 Å². The number of anilines is 1. The highest BCUT2D eigenvalue weighted by Gasteiger charge is 2.16. The summed E-state index contributed by atoms with van der Waals surface area (Å²) < 4.78 is 5.03. The third-order valence-corrected chi connectivity index (χ3v) is 3.26. The normalized spacial score (nSPS) is 18.9. The van der Waals surface area contributed by atoms with Crippen molar-refractivity contribution < 1.29 is 9.53 Å². The summed E-state index contributed by atoms with van der Waals surface area (Å²) in [7, 11) is 0. The maximum absolute atomic E-state index is 11.8. The smallest absolute Gasteiger partial charge is 0.341 e. The van der Waals surface area contributed by atoms with Crippen LogP contribution in [0.4, 0.5) is 5.82 Å². The highest BCUT2D eigenvalue weighted by atomic mass is 16.5. The Hall–Kier alpha value is -1.62. The monoisotopic (exact) mass is 263 g/mol. The van der Waals surface area contributed by atoms with Crippen LogP contribution in [0.5, 0.6) is 0 Å². The largest absolute Gasteiger partial charge is 0.462 e. The highest BCUT2D eigenvalue weighted by molar-refractivity contribution is 5.94. The van der Waals surface area contributed by atoms with Crippen molar-refractivity contribution in [2.45, 2.75) is 19.8 Å². The molecule has 1 atom stereocenters. The van der Waals surface area contributed by atoms with Gasteiger partial charge in [0.05, 0.1) is 6.61 Å². The van der Waals surface area contributed by atoms with Crippen molar-refractivity contribution in [2.75, 3.05) is 31.6 Å². The number of hydrogen-bond donors (Lipinski definition) is 2. The van der Waals surface area contributed by atoms with Gasteiger partial charge in [-0.25, -0.2) is 9.78 Å². The molecular weight excluding hydrogens is 242 g/mol. The Morgan fingerprint density at radius 2 is 2.53 bits per heavy atom. The summed E-state index contributed by atoms with van der Waals surface area (Å²) in [4.78, 5) is 16.0. The number of ether oxygens (including phenoxy) is 1. The third kappa shape index (κ3) is 3.92. The minimum atomic E-state index is -0.320. The highest BCUT2D eigenvalue weighted by Crippen LogP contribution is 2.15. The molecular formula is C14H21N3O2. The topological polar surface area (TPSA) is 63.2 Å². The van der Waals surface area contributed by atoms with Crippen molar-refractivity contribution in [3.05, 3.63) is 23.9 Å². The number of rotatable bonds is 5. The van der Waals surface area contributed by atoms with Crippen molar-refractivity contribution in [3.8, 4) is 0 Å². The van der Waals surface area contributed by atoms with E-state index in [-0.39, 0.29) is 5.97 Å². The lowest BCUT2D eigenvalue weighted by Gasteiger charge is -2.23. The fourth-order valence-electron chi connectivity index (χ4n) is 2.26. The van der Waals surface area contributed by atoms with Crippen LogP contribution < -0.4 is 10.6 Å². The third-order valence-electron chi connectivity index (χ3n) is 3.26. The summed E-state index contributed by atoms with van der Waals surface area (Å²) in [5, 5.41) is 6.65. The van der Waals surface area contributed by atoms with E-state index in [0.29, 0.717) is 23.9 Å². The second-order valence-electron chi connectivity index (χ2n) is 4.71. The summed E-state index contributed by atoms with van der Waals surface area (Å²) in [6.45, 7) is 5.13. The number of carbonyl (C=O) groups is 1. The van der Waals surface area contributed by atoms with Crippen LogP contribution in [0.25, 0.3) is 0 Å². The van der Waals surface area contributed by atoms with Gasteiger partial charge in [-0.15, -0.1) is 0 Å². The first-order chi connectivity index (χ1) is 9.31. The molecule has 1 fully saturated rings. The molecule has 0 spiro atoms. The first-order valence-corrected chi connectivity index (χ1v) is 6.88. The van der Waals surface area contributed by atoms with Gasteiger partial charge in [-0.1, -0.05) is 0 Å². The van der Waals surface area contributed by atoms with E-state index in [9.17, 15) is 4.79 Å². The Bertz CT molecular complexity index is 417. The molecule has 0 bridgehead atoms. The number of esters is 1. The van der Waals surface area contributed by atoms with Crippen molar-refractivity contribution in [1.82, 2.24) is 10.3 Å². The molecule has 104 valence electrons. The Balaban J connectivity index is 1.97. The molecule has 0 radical (unpaired) electrons. The summed E-state index contributed by atoms with van der Waals surface area (Å²) in [6, 6.07) is 3.49. The molecule has 1 saturated heterocycles. The second-order valence-corrected chi connectivity index (χ2v) is 4.71. The Kier molecular flexibility index (Phi) is 5.15. The molecule has 0 amide bonds. The van der Waals surface area contributed by atoms with E-state index in [1.54, 1.807) is 25.3 Å². The molecule has 0 aromatic carbocycles. The number of carbonyl (C=O) groups excluding carboxylic acids is 1. The first kappa shape index (κ1) is 13.8. The molecule has 5 heteroatoms. The van der Waals surface area contributed by atoms with Crippen molar-refractivity contribution >= 4 is 11.8 Å². The van der Waals surface area contributed by atoms with E-state index in [4.69, 9.17) is 4.74 Å². The SMILES string of the molecule is CCOC(=O)c1cccnc1NCC1CCCNC1. The van der Waals surface area contributed by atoms with Crippen LogP contribution >= 0.6 is 0 Å². The van der Waals surface area contributed by atoms with E-state index in [1.807, 2.05) is 0 Å². The second kappa shape index (κ2) is 7.09.